The summed E-state index contributed by atoms with van der Waals surface area (Å²) in [5.41, 5.74) is 0.839. The molecule has 1 aromatic heterocycles. The highest BCUT2D eigenvalue weighted by Gasteiger charge is 2.15. The molecule has 1 heterocycles. The number of nitriles is 1. The van der Waals surface area contributed by atoms with Crippen molar-refractivity contribution in [1.29, 1.82) is 5.26 Å². The van der Waals surface area contributed by atoms with Crippen LogP contribution in [0.1, 0.15) is 13.0 Å². The number of ether oxygens (including phenoxy) is 1. The zero-order chi connectivity index (χ0) is 11.7. The first-order valence-corrected chi connectivity index (χ1v) is 5.57. The van der Waals surface area contributed by atoms with Crippen LogP contribution in [0.4, 0.5) is 0 Å². The summed E-state index contributed by atoms with van der Waals surface area (Å²) in [6.45, 7) is 1.80. The molecule has 0 aliphatic heterocycles. The molecule has 0 aliphatic rings. The van der Waals surface area contributed by atoms with Gasteiger partial charge in [0.25, 0.3) is 0 Å². The summed E-state index contributed by atoms with van der Waals surface area (Å²) in [5.74, 6) is 0.706. The van der Waals surface area contributed by atoms with Crippen LogP contribution in [0, 0.1) is 11.3 Å². The van der Waals surface area contributed by atoms with E-state index in [1.807, 2.05) is 12.1 Å². The van der Waals surface area contributed by atoms with Gasteiger partial charge in [-0.15, -0.1) is 0 Å². The van der Waals surface area contributed by atoms with Crippen LogP contribution in [0.3, 0.4) is 0 Å². The van der Waals surface area contributed by atoms with Crippen molar-refractivity contribution in [2.45, 2.75) is 13.0 Å². The molecule has 0 fully saturated rings. The van der Waals surface area contributed by atoms with E-state index in [2.05, 4.69) is 27.1 Å². The zero-order valence-electron chi connectivity index (χ0n) is 8.94. The fourth-order valence-electron chi connectivity index (χ4n) is 1.63. The highest BCUT2D eigenvalue weighted by Crippen LogP contribution is 2.34. The van der Waals surface area contributed by atoms with Crippen molar-refractivity contribution in [1.82, 2.24) is 9.78 Å². The molecular weight excluding hydrogens is 270 g/mol. The van der Waals surface area contributed by atoms with Crippen LogP contribution < -0.4 is 4.74 Å². The Bertz CT molecular complexity index is 570. The molecule has 0 N–H and O–H groups in total. The van der Waals surface area contributed by atoms with Gasteiger partial charge in [0.1, 0.15) is 11.6 Å². The Morgan fingerprint density at radius 1 is 1.56 bits per heavy atom. The fourth-order valence-corrected chi connectivity index (χ4v) is 2.11. The minimum absolute atomic E-state index is 0.319. The van der Waals surface area contributed by atoms with Crippen LogP contribution in [0.2, 0.25) is 0 Å². The second-order valence-electron chi connectivity index (χ2n) is 3.41. The summed E-state index contributed by atoms with van der Waals surface area (Å²) in [7, 11) is 1.61. The average molecular weight is 280 g/mol. The maximum atomic E-state index is 8.94. The summed E-state index contributed by atoms with van der Waals surface area (Å²) < 4.78 is 7.86. The molecule has 1 atom stereocenters. The zero-order valence-corrected chi connectivity index (χ0v) is 10.5. The third kappa shape index (κ3) is 1.55. The maximum absolute atomic E-state index is 8.94. The molecule has 0 saturated heterocycles. The molecule has 1 aromatic carbocycles. The van der Waals surface area contributed by atoms with Gasteiger partial charge in [-0.2, -0.15) is 10.4 Å². The average Bonchev–Trinajstić information content (AvgIpc) is 2.72. The fraction of sp³-hybridized carbons (Fsp3) is 0.273. The molecule has 4 nitrogen and oxygen atoms in total. The largest absolute Gasteiger partial charge is 0.493 e. The molecule has 16 heavy (non-hydrogen) atoms. The highest BCUT2D eigenvalue weighted by molar-refractivity contribution is 9.10. The Kier molecular flexibility index (Phi) is 2.84. The molecule has 82 valence electrons. The van der Waals surface area contributed by atoms with Gasteiger partial charge < -0.3 is 4.74 Å². The highest BCUT2D eigenvalue weighted by atomic mass is 79.9. The van der Waals surface area contributed by atoms with Gasteiger partial charge in [0.05, 0.1) is 23.8 Å². The first-order chi connectivity index (χ1) is 7.69. The second-order valence-corrected chi connectivity index (χ2v) is 4.27. The molecular formula is C11H10BrN3O. The minimum Gasteiger partial charge on any atom is -0.493 e. The van der Waals surface area contributed by atoms with E-state index in [1.54, 1.807) is 24.9 Å². The van der Waals surface area contributed by atoms with Crippen LogP contribution >= 0.6 is 15.9 Å². The van der Waals surface area contributed by atoms with Gasteiger partial charge in [0, 0.05) is 5.39 Å². The number of aromatic nitrogens is 2. The number of fused-ring (bicyclic) bond motifs is 1. The van der Waals surface area contributed by atoms with Crippen LogP contribution in [-0.2, 0) is 0 Å². The Morgan fingerprint density at radius 2 is 2.31 bits per heavy atom. The monoisotopic (exact) mass is 279 g/mol. The van der Waals surface area contributed by atoms with Gasteiger partial charge in [-0.3, -0.25) is 0 Å². The topological polar surface area (TPSA) is 50.8 Å². The molecule has 0 saturated carbocycles. The molecule has 0 aliphatic carbocycles. The van der Waals surface area contributed by atoms with Gasteiger partial charge in [-0.25, -0.2) is 4.68 Å². The number of nitrogens with zero attached hydrogens (tertiary/aromatic N) is 3. The van der Waals surface area contributed by atoms with Crippen LogP contribution in [-0.4, -0.2) is 16.9 Å². The number of hydrogen-bond donors (Lipinski definition) is 0. The lowest BCUT2D eigenvalue weighted by Crippen LogP contribution is -2.05. The number of hydrogen-bond acceptors (Lipinski definition) is 3. The molecule has 2 rings (SSSR count). The van der Waals surface area contributed by atoms with Crippen molar-refractivity contribution in [3.63, 3.8) is 0 Å². The standard InChI is InChI=1S/C11H10BrN3O/c1-7(5-13)15-10-8(6-14-15)3-4-9(12)11(10)16-2/h3-4,6-7H,1-2H3. The number of halogens is 1. The van der Waals surface area contributed by atoms with Crippen molar-refractivity contribution in [3.8, 4) is 11.8 Å². The van der Waals surface area contributed by atoms with Crippen molar-refractivity contribution < 1.29 is 4.74 Å². The molecule has 5 heteroatoms. The van der Waals surface area contributed by atoms with Gasteiger partial charge in [-0.05, 0) is 35.0 Å². The van der Waals surface area contributed by atoms with E-state index in [1.165, 1.54) is 0 Å². The molecule has 0 bridgehead atoms. The number of benzene rings is 1. The van der Waals surface area contributed by atoms with E-state index >= 15 is 0 Å². The maximum Gasteiger partial charge on any atom is 0.158 e. The van der Waals surface area contributed by atoms with Gasteiger partial charge in [-0.1, -0.05) is 0 Å². The predicted octanol–water partition coefficient (Wildman–Crippen LogP) is 2.89. The summed E-state index contributed by atoms with van der Waals surface area (Å²) >= 11 is 3.42. The Hall–Kier alpha value is -1.54. The number of methoxy groups -OCH3 is 1. The van der Waals surface area contributed by atoms with E-state index in [-0.39, 0.29) is 6.04 Å². The lowest BCUT2D eigenvalue weighted by Gasteiger charge is -2.09. The van der Waals surface area contributed by atoms with Crippen molar-refractivity contribution in [2.75, 3.05) is 7.11 Å². The van der Waals surface area contributed by atoms with Crippen molar-refractivity contribution >= 4 is 26.8 Å². The van der Waals surface area contributed by atoms with Gasteiger partial charge in [0.2, 0.25) is 0 Å². The Morgan fingerprint density at radius 3 is 2.94 bits per heavy atom. The normalized spacial score (nSPS) is 12.4. The Labute approximate surface area is 102 Å². The second kappa shape index (κ2) is 4.14. The van der Waals surface area contributed by atoms with Crippen molar-refractivity contribution in [3.05, 3.63) is 22.8 Å². The molecule has 0 spiro atoms. The van der Waals surface area contributed by atoms with Crippen LogP contribution in [0.25, 0.3) is 10.9 Å². The number of rotatable bonds is 2. The lowest BCUT2D eigenvalue weighted by atomic mass is 10.2. The first-order valence-electron chi connectivity index (χ1n) is 4.78. The summed E-state index contributed by atoms with van der Waals surface area (Å²) in [6.07, 6.45) is 1.73. The first kappa shape index (κ1) is 11.0. The SMILES string of the molecule is COc1c(Br)ccc2cnn(C(C)C#N)c12. The van der Waals surface area contributed by atoms with E-state index in [0.29, 0.717) is 5.75 Å². The molecule has 0 radical (unpaired) electrons. The predicted molar refractivity (Wildman–Crippen MR) is 64.3 cm³/mol. The molecule has 2 aromatic rings. The van der Waals surface area contributed by atoms with Crippen LogP contribution in [0.5, 0.6) is 5.75 Å². The minimum atomic E-state index is -0.319. The third-order valence-electron chi connectivity index (χ3n) is 2.42. The Balaban J connectivity index is 2.79. The van der Waals surface area contributed by atoms with E-state index < -0.39 is 0 Å². The van der Waals surface area contributed by atoms with Crippen molar-refractivity contribution in [2.24, 2.45) is 0 Å². The smallest absolute Gasteiger partial charge is 0.158 e. The van der Waals surface area contributed by atoms with Gasteiger partial charge >= 0.3 is 0 Å². The molecule has 1 unspecified atom stereocenters. The summed E-state index contributed by atoms with van der Waals surface area (Å²) in [6, 6.07) is 5.69. The summed E-state index contributed by atoms with van der Waals surface area (Å²) in [4.78, 5) is 0. The van der Waals surface area contributed by atoms with Gasteiger partial charge in [0.15, 0.2) is 5.75 Å². The van der Waals surface area contributed by atoms with E-state index in [9.17, 15) is 0 Å². The third-order valence-corrected chi connectivity index (χ3v) is 3.05. The summed E-state index contributed by atoms with van der Waals surface area (Å²) in [5, 5.41) is 14.1. The quantitative estimate of drug-likeness (QED) is 0.849. The lowest BCUT2D eigenvalue weighted by molar-refractivity contribution is 0.413. The van der Waals surface area contributed by atoms with Crippen LogP contribution in [0.15, 0.2) is 22.8 Å². The molecule has 0 amide bonds. The van der Waals surface area contributed by atoms with E-state index in [0.717, 1.165) is 15.4 Å². The van der Waals surface area contributed by atoms with E-state index in [4.69, 9.17) is 10.00 Å².